The Kier molecular flexibility index (Phi) is 5.45. The normalized spacial score (nSPS) is 11.8. The fourth-order valence-corrected chi connectivity index (χ4v) is 1.66. The van der Waals surface area contributed by atoms with Crippen LogP contribution in [0.2, 0.25) is 0 Å². The lowest BCUT2D eigenvalue weighted by Gasteiger charge is -2.15. The van der Waals surface area contributed by atoms with Crippen molar-refractivity contribution in [3.63, 3.8) is 0 Å². The van der Waals surface area contributed by atoms with E-state index in [-0.39, 0.29) is 11.9 Å². The summed E-state index contributed by atoms with van der Waals surface area (Å²) in [7, 11) is 4.63. The summed E-state index contributed by atoms with van der Waals surface area (Å²) in [5, 5.41) is 2.82. The first-order valence-electron chi connectivity index (χ1n) is 5.64. The highest BCUT2D eigenvalue weighted by Gasteiger charge is 2.17. The van der Waals surface area contributed by atoms with Crippen LogP contribution in [0.1, 0.15) is 17.3 Å². The quantitative estimate of drug-likeness (QED) is 0.834. The second-order valence-electron chi connectivity index (χ2n) is 3.87. The van der Waals surface area contributed by atoms with Crippen LogP contribution in [0.4, 0.5) is 0 Å². The molecule has 100 valence electrons. The molecule has 0 radical (unpaired) electrons. The summed E-state index contributed by atoms with van der Waals surface area (Å²) in [4.78, 5) is 12.1. The van der Waals surface area contributed by atoms with Crippen LogP contribution in [0.5, 0.6) is 11.5 Å². The monoisotopic (exact) mass is 253 g/mol. The first kappa shape index (κ1) is 14.3. The van der Waals surface area contributed by atoms with Crippen LogP contribution in [-0.4, -0.2) is 39.9 Å². The summed E-state index contributed by atoms with van der Waals surface area (Å²) >= 11 is 0. The van der Waals surface area contributed by atoms with Gasteiger partial charge in [0.05, 0.1) is 26.4 Å². The number of benzene rings is 1. The Morgan fingerprint density at radius 3 is 2.56 bits per heavy atom. The molecule has 1 atom stereocenters. The Labute approximate surface area is 107 Å². The number of carbonyl (C=O) groups excluding carboxylic acids is 1. The maximum atomic E-state index is 12.1. The molecule has 0 saturated carbocycles. The van der Waals surface area contributed by atoms with Crippen LogP contribution >= 0.6 is 0 Å². The fourth-order valence-electron chi connectivity index (χ4n) is 1.66. The van der Waals surface area contributed by atoms with Crippen molar-refractivity contribution in [3.05, 3.63) is 23.8 Å². The third-order valence-corrected chi connectivity index (χ3v) is 2.44. The van der Waals surface area contributed by atoms with E-state index in [1.165, 1.54) is 14.2 Å². The molecule has 5 nitrogen and oxygen atoms in total. The molecule has 1 aromatic carbocycles. The number of methoxy groups -OCH3 is 3. The number of nitrogens with one attached hydrogen (secondary N) is 1. The van der Waals surface area contributed by atoms with Crippen molar-refractivity contribution in [2.45, 2.75) is 13.0 Å². The average Bonchev–Trinajstić information content (AvgIpc) is 2.37. The highest BCUT2D eigenvalue weighted by Crippen LogP contribution is 2.30. The van der Waals surface area contributed by atoms with Crippen LogP contribution in [0.25, 0.3) is 0 Å². The van der Waals surface area contributed by atoms with Gasteiger partial charge in [-0.1, -0.05) is 6.07 Å². The molecule has 0 heterocycles. The summed E-state index contributed by atoms with van der Waals surface area (Å²) in [5.74, 6) is 0.752. The molecule has 0 fully saturated rings. The third-order valence-electron chi connectivity index (χ3n) is 2.44. The van der Waals surface area contributed by atoms with Crippen molar-refractivity contribution in [1.82, 2.24) is 5.32 Å². The van der Waals surface area contributed by atoms with Crippen molar-refractivity contribution in [3.8, 4) is 11.5 Å². The molecule has 1 rings (SSSR count). The topological polar surface area (TPSA) is 56.8 Å². The number of hydrogen-bond acceptors (Lipinski definition) is 4. The molecule has 1 aromatic rings. The van der Waals surface area contributed by atoms with E-state index in [4.69, 9.17) is 14.2 Å². The van der Waals surface area contributed by atoms with Crippen molar-refractivity contribution in [2.75, 3.05) is 27.9 Å². The Balaban J connectivity index is 2.91. The molecule has 1 N–H and O–H groups in total. The second kappa shape index (κ2) is 6.86. The highest BCUT2D eigenvalue weighted by molar-refractivity contribution is 5.98. The molecular weight excluding hydrogens is 234 g/mol. The van der Waals surface area contributed by atoms with E-state index in [0.29, 0.717) is 23.7 Å². The van der Waals surface area contributed by atoms with Gasteiger partial charge in [0.2, 0.25) is 0 Å². The third kappa shape index (κ3) is 3.37. The molecule has 0 aliphatic rings. The van der Waals surface area contributed by atoms with Gasteiger partial charge < -0.3 is 19.5 Å². The number of hydrogen-bond donors (Lipinski definition) is 1. The summed E-state index contributed by atoms with van der Waals surface area (Å²) in [6.45, 7) is 2.33. The maximum Gasteiger partial charge on any atom is 0.255 e. The Morgan fingerprint density at radius 1 is 1.28 bits per heavy atom. The second-order valence-corrected chi connectivity index (χ2v) is 3.87. The van der Waals surface area contributed by atoms with Gasteiger partial charge in [-0.2, -0.15) is 0 Å². The number of carbonyl (C=O) groups is 1. The molecule has 0 unspecified atom stereocenters. The first-order valence-corrected chi connectivity index (χ1v) is 5.64. The lowest BCUT2D eigenvalue weighted by Crippen LogP contribution is -2.35. The van der Waals surface area contributed by atoms with Crippen molar-refractivity contribution in [1.29, 1.82) is 0 Å². The van der Waals surface area contributed by atoms with E-state index >= 15 is 0 Å². The summed E-state index contributed by atoms with van der Waals surface area (Å²) < 4.78 is 15.3. The van der Waals surface area contributed by atoms with E-state index in [0.717, 1.165) is 0 Å². The summed E-state index contributed by atoms with van der Waals surface area (Å²) in [6.07, 6.45) is 0. The fraction of sp³-hybridized carbons (Fsp3) is 0.462. The highest BCUT2D eigenvalue weighted by atomic mass is 16.5. The standard InChI is InChI=1S/C13H19NO4/c1-9(8-16-2)14-13(15)10-6-5-7-11(17-3)12(10)18-4/h5-7,9H,8H2,1-4H3,(H,14,15)/t9-/m1/s1. The molecule has 18 heavy (non-hydrogen) atoms. The van der Waals surface area contributed by atoms with Gasteiger partial charge >= 0.3 is 0 Å². The molecule has 0 saturated heterocycles. The van der Waals surface area contributed by atoms with Gasteiger partial charge in [-0.15, -0.1) is 0 Å². The van der Waals surface area contributed by atoms with E-state index in [2.05, 4.69) is 5.32 Å². The smallest absolute Gasteiger partial charge is 0.255 e. The van der Waals surface area contributed by atoms with Crippen LogP contribution in [0.3, 0.4) is 0 Å². The minimum absolute atomic E-state index is 0.0709. The van der Waals surface area contributed by atoms with Gasteiger partial charge in [-0.05, 0) is 19.1 Å². The summed E-state index contributed by atoms with van der Waals surface area (Å²) in [5.41, 5.74) is 0.444. The predicted octanol–water partition coefficient (Wildman–Crippen LogP) is 1.47. The lowest BCUT2D eigenvalue weighted by atomic mass is 10.1. The molecule has 0 aliphatic heterocycles. The Morgan fingerprint density at radius 2 is 2.00 bits per heavy atom. The number of ether oxygens (including phenoxy) is 3. The molecule has 0 spiro atoms. The number of amides is 1. The number of para-hydroxylation sites is 1. The lowest BCUT2D eigenvalue weighted by molar-refractivity contribution is 0.0902. The minimum Gasteiger partial charge on any atom is -0.493 e. The first-order chi connectivity index (χ1) is 8.63. The Bertz CT molecular complexity index is 406. The maximum absolute atomic E-state index is 12.1. The molecule has 0 aromatic heterocycles. The van der Waals surface area contributed by atoms with Crippen LogP contribution in [0.15, 0.2) is 18.2 Å². The predicted molar refractivity (Wildman–Crippen MR) is 68.4 cm³/mol. The van der Waals surface area contributed by atoms with Crippen LogP contribution in [-0.2, 0) is 4.74 Å². The zero-order valence-electron chi connectivity index (χ0n) is 11.1. The Hall–Kier alpha value is -1.75. The van der Waals surface area contributed by atoms with E-state index in [1.807, 2.05) is 6.92 Å². The van der Waals surface area contributed by atoms with E-state index in [9.17, 15) is 4.79 Å². The van der Waals surface area contributed by atoms with Crippen LogP contribution < -0.4 is 14.8 Å². The summed E-state index contributed by atoms with van der Waals surface area (Å²) in [6, 6.07) is 5.11. The van der Waals surface area contributed by atoms with Crippen molar-refractivity contribution < 1.29 is 19.0 Å². The van der Waals surface area contributed by atoms with Crippen molar-refractivity contribution >= 4 is 5.91 Å². The van der Waals surface area contributed by atoms with Crippen LogP contribution in [0, 0.1) is 0 Å². The molecular formula is C13H19NO4. The zero-order chi connectivity index (χ0) is 13.5. The van der Waals surface area contributed by atoms with Gasteiger partial charge in [0.15, 0.2) is 11.5 Å². The largest absolute Gasteiger partial charge is 0.493 e. The molecule has 1 amide bonds. The minimum atomic E-state index is -0.213. The average molecular weight is 253 g/mol. The zero-order valence-corrected chi connectivity index (χ0v) is 11.1. The van der Waals surface area contributed by atoms with E-state index in [1.54, 1.807) is 25.3 Å². The molecule has 0 bridgehead atoms. The van der Waals surface area contributed by atoms with E-state index < -0.39 is 0 Å². The molecule has 0 aliphatic carbocycles. The van der Waals surface area contributed by atoms with Gasteiger partial charge in [-0.3, -0.25) is 4.79 Å². The van der Waals surface area contributed by atoms with Gasteiger partial charge in [0, 0.05) is 13.2 Å². The molecule has 5 heteroatoms. The van der Waals surface area contributed by atoms with Gasteiger partial charge in [0.25, 0.3) is 5.91 Å². The van der Waals surface area contributed by atoms with Gasteiger partial charge in [0.1, 0.15) is 0 Å². The SMILES string of the molecule is COC[C@@H](C)NC(=O)c1cccc(OC)c1OC. The number of rotatable bonds is 6. The van der Waals surface area contributed by atoms with Gasteiger partial charge in [-0.25, -0.2) is 0 Å². The van der Waals surface area contributed by atoms with Crippen molar-refractivity contribution in [2.24, 2.45) is 0 Å².